The van der Waals surface area contributed by atoms with Crippen LogP contribution in [-0.4, -0.2) is 47.9 Å². The Balaban J connectivity index is 1.78. The Morgan fingerprint density at radius 2 is 2.07 bits per heavy atom. The highest BCUT2D eigenvalue weighted by molar-refractivity contribution is 7.10. The summed E-state index contributed by atoms with van der Waals surface area (Å²) in [7, 11) is 0. The second-order valence-electron chi connectivity index (χ2n) is 7.92. The zero-order valence-electron chi connectivity index (χ0n) is 17.8. The number of ether oxygens (including phenoxy) is 1. The number of carbonyl (C=O) groups is 2. The monoisotopic (exact) mass is 432 g/mol. The molecule has 0 aliphatic carbocycles. The molecular formula is C23H29FN2O3S. The van der Waals surface area contributed by atoms with E-state index in [1.807, 2.05) is 32.2 Å². The molecule has 1 aromatic carbocycles. The third kappa shape index (κ3) is 5.19. The van der Waals surface area contributed by atoms with Crippen LogP contribution in [0, 0.1) is 11.7 Å². The standard InChI is InChI=1S/C23H29FN2O3S/c1-4-22(27)25(13-16(2)3)14-23(28)26-11-9-21-17(10-12-30-21)19(26)15-29-20-8-6-5-7-18(20)24/h5-8,10,12,16,19H,4,9,11,13-15H2,1-3H3/t19-/m0/s1. The minimum absolute atomic E-state index is 0.0237. The quantitative estimate of drug-likeness (QED) is 0.625. The van der Waals surface area contributed by atoms with Crippen LogP contribution in [0.3, 0.4) is 0 Å². The van der Waals surface area contributed by atoms with E-state index in [0.29, 0.717) is 19.5 Å². The van der Waals surface area contributed by atoms with Crippen molar-refractivity contribution in [2.24, 2.45) is 5.92 Å². The van der Waals surface area contributed by atoms with Gasteiger partial charge in [0.05, 0.1) is 12.6 Å². The van der Waals surface area contributed by atoms with E-state index in [-0.39, 0.29) is 42.7 Å². The van der Waals surface area contributed by atoms with Crippen molar-refractivity contribution in [1.29, 1.82) is 0 Å². The Kier molecular flexibility index (Phi) is 7.48. The lowest BCUT2D eigenvalue weighted by atomic mass is 10.00. The second kappa shape index (κ2) is 10.1. The van der Waals surface area contributed by atoms with Gasteiger partial charge in [-0.2, -0.15) is 0 Å². The summed E-state index contributed by atoms with van der Waals surface area (Å²) in [6, 6.07) is 7.99. The van der Waals surface area contributed by atoms with Crippen molar-refractivity contribution in [3.8, 4) is 5.75 Å². The van der Waals surface area contributed by atoms with Gasteiger partial charge in [-0.25, -0.2) is 4.39 Å². The minimum Gasteiger partial charge on any atom is -0.488 e. The number of thiophene rings is 1. The number of para-hydroxylation sites is 1. The van der Waals surface area contributed by atoms with E-state index < -0.39 is 5.82 Å². The van der Waals surface area contributed by atoms with Crippen LogP contribution in [0.2, 0.25) is 0 Å². The molecule has 0 saturated heterocycles. The third-order valence-corrected chi connectivity index (χ3v) is 6.21. The van der Waals surface area contributed by atoms with Crippen molar-refractivity contribution in [1.82, 2.24) is 9.80 Å². The molecule has 162 valence electrons. The molecule has 1 aromatic heterocycles. The third-order valence-electron chi connectivity index (χ3n) is 5.22. The van der Waals surface area contributed by atoms with Gasteiger partial charge in [0.15, 0.2) is 11.6 Å². The first kappa shape index (κ1) is 22.3. The fourth-order valence-corrected chi connectivity index (χ4v) is 4.71. The SMILES string of the molecule is CCC(=O)N(CC(=O)N1CCc2sccc2[C@@H]1COc1ccccc1F)CC(C)C. The van der Waals surface area contributed by atoms with Crippen LogP contribution in [0.1, 0.15) is 43.7 Å². The summed E-state index contributed by atoms with van der Waals surface area (Å²) < 4.78 is 19.8. The Bertz CT molecular complexity index is 883. The summed E-state index contributed by atoms with van der Waals surface area (Å²) in [5.74, 6) is -0.0950. The Labute approximate surface area is 181 Å². The van der Waals surface area contributed by atoms with Gasteiger partial charge in [0.25, 0.3) is 0 Å². The zero-order valence-corrected chi connectivity index (χ0v) is 18.6. The summed E-state index contributed by atoms with van der Waals surface area (Å²) in [5, 5.41) is 2.01. The van der Waals surface area contributed by atoms with Gasteiger partial charge in [0, 0.05) is 24.4 Å². The zero-order chi connectivity index (χ0) is 21.7. The molecule has 0 fully saturated rings. The van der Waals surface area contributed by atoms with Crippen molar-refractivity contribution in [3.05, 3.63) is 52.0 Å². The fourth-order valence-electron chi connectivity index (χ4n) is 3.78. The highest BCUT2D eigenvalue weighted by Crippen LogP contribution is 2.34. The number of fused-ring (bicyclic) bond motifs is 1. The van der Waals surface area contributed by atoms with Crippen LogP contribution >= 0.6 is 11.3 Å². The lowest BCUT2D eigenvalue weighted by molar-refractivity contribution is -0.143. The largest absolute Gasteiger partial charge is 0.488 e. The van der Waals surface area contributed by atoms with Gasteiger partial charge < -0.3 is 14.5 Å². The minimum atomic E-state index is -0.423. The van der Waals surface area contributed by atoms with Crippen molar-refractivity contribution >= 4 is 23.2 Å². The highest BCUT2D eigenvalue weighted by atomic mass is 32.1. The molecule has 30 heavy (non-hydrogen) atoms. The van der Waals surface area contributed by atoms with E-state index in [0.717, 1.165) is 12.0 Å². The molecule has 0 spiro atoms. The topological polar surface area (TPSA) is 49.9 Å². The summed E-state index contributed by atoms with van der Waals surface area (Å²) in [4.78, 5) is 30.2. The molecule has 5 nitrogen and oxygen atoms in total. The van der Waals surface area contributed by atoms with Crippen LogP contribution < -0.4 is 4.74 Å². The molecule has 0 bridgehead atoms. The van der Waals surface area contributed by atoms with Crippen LogP contribution in [0.25, 0.3) is 0 Å². The van der Waals surface area contributed by atoms with Gasteiger partial charge in [0.2, 0.25) is 11.8 Å². The normalized spacial score (nSPS) is 15.8. The molecule has 3 rings (SSSR count). The van der Waals surface area contributed by atoms with Crippen molar-refractivity contribution in [3.63, 3.8) is 0 Å². The van der Waals surface area contributed by atoms with Crippen LogP contribution in [0.4, 0.5) is 4.39 Å². The van der Waals surface area contributed by atoms with E-state index in [1.165, 1.54) is 10.9 Å². The number of nitrogens with zero attached hydrogens (tertiary/aromatic N) is 2. The summed E-state index contributed by atoms with van der Waals surface area (Å²) in [6.45, 7) is 7.21. The molecule has 0 N–H and O–H groups in total. The Hall–Kier alpha value is -2.41. The number of amides is 2. The summed E-state index contributed by atoms with van der Waals surface area (Å²) in [5.41, 5.74) is 1.05. The summed E-state index contributed by atoms with van der Waals surface area (Å²) in [6.07, 6.45) is 1.15. The van der Waals surface area contributed by atoms with E-state index in [4.69, 9.17) is 4.74 Å². The van der Waals surface area contributed by atoms with Crippen molar-refractivity contribution in [2.75, 3.05) is 26.2 Å². The van der Waals surface area contributed by atoms with Gasteiger partial charge in [0.1, 0.15) is 6.61 Å². The second-order valence-corrected chi connectivity index (χ2v) is 8.92. The molecule has 1 aliphatic heterocycles. The predicted molar refractivity (Wildman–Crippen MR) is 116 cm³/mol. The maximum atomic E-state index is 14.0. The van der Waals surface area contributed by atoms with Gasteiger partial charge in [-0.1, -0.05) is 32.9 Å². The maximum Gasteiger partial charge on any atom is 0.242 e. The van der Waals surface area contributed by atoms with Gasteiger partial charge in [-0.15, -0.1) is 11.3 Å². The molecule has 2 aromatic rings. The number of hydrogen-bond acceptors (Lipinski definition) is 4. The molecule has 2 amide bonds. The number of rotatable bonds is 8. The molecule has 0 saturated carbocycles. The van der Waals surface area contributed by atoms with Crippen molar-refractivity contribution < 1.29 is 18.7 Å². The van der Waals surface area contributed by atoms with Crippen LogP contribution in [-0.2, 0) is 16.0 Å². The molecule has 0 unspecified atom stereocenters. The molecule has 0 radical (unpaired) electrons. The smallest absolute Gasteiger partial charge is 0.242 e. The lowest BCUT2D eigenvalue weighted by Crippen LogP contribution is -2.48. The first-order valence-corrected chi connectivity index (χ1v) is 11.3. The average molecular weight is 433 g/mol. The maximum absolute atomic E-state index is 14.0. The molecule has 7 heteroatoms. The average Bonchev–Trinajstić information content (AvgIpc) is 3.20. The van der Waals surface area contributed by atoms with E-state index >= 15 is 0 Å². The first-order chi connectivity index (χ1) is 14.4. The van der Waals surface area contributed by atoms with E-state index in [1.54, 1.807) is 39.3 Å². The number of hydrogen-bond donors (Lipinski definition) is 0. The van der Waals surface area contributed by atoms with Crippen LogP contribution in [0.15, 0.2) is 35.7 Å². The summed E-state index contributed by atoms with van der Waals surface area (Å²) >= 11 is 1.67. The number of carbonyl (C=O) groups excluding carboxylic acids is 2. The van der Waals surface area contributed by atoms with Gasteiger partial charge in [-0.3, -0.25) is 9.59 Å². The molecule has 1 atom stereocenters. The predicted octanol–water partition coefficient (Wildman–Crippen LogP) is 4.29. The number of benzene rings is 1. The van der Waals surface area contributed by atoms with E-state index in [2.05, 4.69) is 0 Å². The molecule has 1 aliphatic rings. The number of halogens is 1. The van der Waals surface area contributed by atoms with Crippen LogP contribution in [0.5, 0.6) is 5.75 Å². The molecular weight excluding hydrogens is 403 g/mol. The van der Waals surface area contributed by atoms with Gasteiger partial charge in [-0.05, 0) is 41.5 Å². The van der Waals surface area contributed by atoms with Gasteiger partial charge >= 0.3 is 0 Å². The first-order valence-electron chi connectivity index (χ1n) is 10.4. The van der Waals surface area contributed by atoms with E-state index in [9.17, 15) is 14.0 Å². The van der Waals surface area contributed by atoms with Crippen molar-refractivity contribution in [2.45, 2.75) is 39.7 Å². The Morgan fingerprint density at radius 1 is 1.30 bits per heavy atom. The highest BCUT2D eigenvalue weighted by Gasteiger charge is 2.33. The molecule has 2 heterocycles. The Morgan fingerprint density at radius 3 is 2.77 bits per heavy atom. The lowest BCUT2D eigenvalue weighted by Gasteiger charge is -2.37. The fraction of sp³-hybridized carbons (Fsp3) is 0.478.